The number of methoxy groups -OCH3 is 1. The first kappa shape index (κ1) is 22.0. The van der Waals surface area contributed by atoms with Gasteiger partial charge in [-0.15, -0.1) is 0 Å². The lowest BCUT2D eigenvalue weighted by molar-refractivity contribution is 0.349. The number of hydrogen-bond donors (Lipinski definition) is 4. The van der Waals surface area contributed by atoms with E-state index in [4.69, 9.17) is 4.74 Å². The lowest BCUT2D eigenvalue weighted by atomic mass is 9.95. The molecule has 2 aromatic carbocycles. The normalized spacial score (nSPS) is 16.4. The molecular weight excluding hydrogens is 432 g/mol. The highest BCUT2D eigenvalue weighted by Gasteiger charge is 2.31. The van der Waals surface area contributed by atoms with Crippen molar-refractivity contribution in [3.8, 4) is 11.6 Å². The summed E-state index contributed by atoms with van der Waals surface area (Å²) in [7, 11) is 1.63. The van der Waals surface area contributed by atoms with Crippen LogP contribution in [0.5, 0.6) is 11.6 Å². The molecule has 8 nitrogen and oxygen atoms in total. The molecule has 0 saturated heterocycles. The standard InChI is InChI=1S/C26H28N4O4/c1-15(8-9-16-6-4-3-5-7-16)30-25(32)21(24(31)29-26(30)33)23-22-18(12-13-27-23)19-14-17(34-2)10-11-20(19)28-22/h3-7,10-11,14-15,23,27-28,32H,8-9,12-13H2,1-2H3,(H,29,31,33). The first-order valence-corrected chi connectivity index (χ1v) is 11.5. The number of aromatic hydroxyl groups is 1. The van der Waals surface area contributed by atoms with Gasteiger partial charge in [0.05, 0.1) is 13.2 Å². The zero-order chi connectivity index (χ0) is 23.8. The second kappa shape index (κ2) is 8.87. The summed E-state index contributed by atoms with van der Waals surface area (Å²) in [6, 6.07) is 14.9. The van der Waals surface area contributed by atoms with E-state index in [1.165, 1.54) is 4.57 Å². The van der Waals surface area contributed by atoms with E-state index in [2.05, 4.69) is 15.3 Å². The number of aromatic amines is 2. The number of rotatable bonds is 6. The zero-order valence-corrected chi connectivity index (χ0v) is 19.2. The molecule has 2 aromatic heterocycles. The average Bonchev–Trinajstić information content (AvgIpc) is 3.21. The highest BCUT2D eigenvalue weighted by Crippen LogP contribution is 2.36. The maximum atomic E-state index is 12.9. The molecule has 0 spiro atoms. The smallest absolute Gasteiger partial charge is 0.331 e. The number of fused-ring (bicyclic) bond motifs is 3. The number of H-pyrrole nitrogens is 2. The number of aryl methyl sites for hydroxylation is 1. The van der Waals surface area contributed by atoms with Crippen molar-refractivity contribution in [3.63, 3.8) is 0 Å². The predicted octanol–water partition coefficient (Wildman–Crippen LogP) is 3.16. The molecule has 2 unspecified atom stereocenters. The van der Waals surface area contributed by atoms with Crippen LogP contribution in [0.3, 0.4) is 0 Å². The third-order valence-electron chi connectivity index (χ3n) is 6.73. The molecule has 1 aliphatic heterocycles. The minimum absolute atomic E-state index is 0.144. The molecule has 0 radical (unpaired) electrons. The number of nitrogens with one attached hydrogen (secondary N) is 3. The summed E-state index contributed by atoms with van der Waals surface area (Å²) >= 11 is 0. The van der Waals surface area contributed by atoms with E-state index >= 15 is 0 Å². The van der Waals surface area contributed by atoms with Crippen LogP contribution in [-0.2, 0) is 12.8 Å². The van der Waals surface area contributed by atoms with Crippen LogP contribution in [0.15, 0.2) is 58.1 Å². The Balaban J connectivity index is 1.55. The molecule has 0 saturated carbocycles. The summed E-state index contributed by atoms with van der Waals surface area (Å²) < 4.78 is 6.67. The Morgan fingerprint density at radius 3 is 2.71 bits per heavy atom. The maximum Gasteiger partial charge on any atom is 0.331 e. The molecule has 2 atom stereocenters. The lowest BCUT2D eigenvalue weighted by Gasteiger charge is -2.26. The Morgan fingerprint density at radius 2 is 1.94 bits per heavy atom. The fourth-order valence-corrected chi connectivity index (χ4v) is 4.95. The third-order valence-corrected chi connectivity index (χ3v) is 6.73. The molecule has 4 N–H and O–H groups in total. The van der Waals surface area contributed by atoms with E-state index in [1.54, 1.807) is 7.11 Å². The van der Waals surface area contributed by atoms with Crippen LogP contribution in [0.4, 0.5) is 0 Å². The van der Waals surface area contributed by atoms with Gasteiger partial charge >= 0.3 is 5.69 Å². The molecule has 0 aliphatic carbocycles. The number of aromatic nitrogens is 3. The third kappa shape index (κ3) is 3.80. The van der Waals surface area contributed by atoms with Crippen molar-refractivity contribution in [2.45, 2.75) is 38.3 Å². The van der Waals surface area contributed by atoms with E-state index in [0.717, 1.165) is 46.3 Å². The van der Waals surface area contributed by atoms with Gasteiger partial charge in [-0.05, 0) is 55.5 Å². The summed E-state index contributed by atoms with van der Waals surface area (Å²) in [5.41, 5.74) is 2.92. The molecule has 3 heterocycles. The molecule has 176 valence electrons. The number of nitrogens with zero attached hydrogens (tertiary/aromatic N) is 1. The second-order valence-corrected chi connectivity index (χ2v) is 8.81. The molecule has 0 amide bonds. The highest BCUT2D eigenvalue weighted by atomic mass is 16.5. The number of ether oxygens (including phenoxy) is 1. The maximum absolute atomic E-state index is 12.9. The fraction of sp³-hybridized carbons (Fsp3) is 0.308. The van der Waals surface area contributed by atoms with Gasteiger partial charge in [0, 0.05) is 29.2 Å². The highest BCUT2D eigenvalue weighted by molar-refractivity contribution is 5.86. The van der Waals surface area contributed by atoms with Crippen molar-refractivity contribution in [2.24, 2.45) is 0 Å². The van der Waals surface area contributed by atoms with E-state index in [-0.39, 0.29) is 17.5 Å². The van der Waals surface area contributed by atoms with Crippen molar-refractivity contribution >= 4 is 10.9 Å². The van der Waals surface area contributed by atoms with Gasteiger partial charge in [0.2, 0.25) is 5.88 Å². The minimum atomic E-state index is -0.607. The summed E-state index contributed by atoms with van der Waals surface area (Å²) in [5, 5.41) is 15.6. The topological polar surface area (TPSA) is 112 Å². The van der Waals surface area contributed by atoms with Crippen molar-refractivity contribution < 1.29 is 9.84 Å². The molecule has 0 fully saturated rings. The Bertz CT molecular complexity index is 1450. The van der Waals surface area contributed by atoms with Crippen molar-refractivity contribution in [1.82, 2.24) is 19.9 Å². The summed E-state index contributed by atoms with van der Waals surface area (Å²) in [6.07, 6.45) is 2.15. The first-order valence-electron chi connectivity index (χ1n) is 11.5. The Labute approximate surface area is 196 Å². The zero-order valence-electron chi connectivity index (χ0n) is 19.2. The van der Waals surface area contributed by atoms with Gasteiger partial charge in [0.25, 0.3) is 5.56 Å². The van der Waals surface area contributed by atoms with Gasteiger partial charge in [-0.3, -0.25) is 14.3 Å². The largest absolute Gasteiger partial charge is 0.497 e. The van der Waals surface area contributed by atoms with Crippen LogP contribution in [-0.4, -0.2) is 33.3 Å². The van der Waals surface area contributed by atoms with Crippen LogP contribution in [0, 0.1) is 0 Å². The first-order chi connectivity index (χ1) is 16.5. The van der Waals surface area contributed by atoms with E-state index in [1.807, 2.05) is 55.5 Å². The molecule has 4 aromatic rings. The van der Waals surface area contributed by atoms with E-state index in [9.17, 15) is 14.7 Å². The monoisotopic (exact) mass is 460 g/mol. The van der Waals surface area contributed by atoms with E-state index < -0.39 is 17.3 Å². The van der Waals surface area contributed by atoms with Gasteiger partial charge in [0.15, 0.2) is 0 Å². The van der Waals surface area contributed by atoms with Crippen molar-refractivity contribution in [2.75, 3.05) is 13.7 Å². The van der Waals surface area contributed by atoms with Gasteiger partial charge in [-0.1, -0.05) is 30.3 Å². The van der Waals surface area contributed by atoms with Crippen LogP contribution in [0.25, 0.3) is 10.9 Å². The van der Waals surface area contributed by atoms with Gasteiger partial charge < -0.3 is 20.1 Å². The van der Waals surface area contributed by atoms with Crippen LogP contribution in [0.1, 0.15) is 47.8 Å². The van der Waals surface area contributed by atoms with Gasteiger partial charge in [-0.2, -0.15) is 0 Å². The second-order valence-electron chi connectivity index (χ2n) is 8.81. The minimum Gasteiger partial charge on any atom is -0.497 e. The summed E-state index contributed by atoms with van der Waals surface area (Å²) in [5.74, 6) is 0.460. The summed E-state index contributed by atoms with van der Waals surface area (Å²) in [6.45, 7) is 2.50. The van der Waals surface area contributed by atoms with Gasteiger partial charge in [0.1, 0.15) is 11.3 Å². The average molecular weight is 461 g/mol. The Hall–Kier alpha value is -3.78. The quantitative estimate of drug-likeness (QED) is 0.353. The number of hydrogen-bond acceptors (Lipinski definition) is 5. The molecule has 8 heteroatoms. The Kier molecular flexibility index (Phi) is 5.75. The number of benzene rings is 2. The van der Waals surface area contributed by atoms with Crippen LogP contribution >= 0.6 is 0 Å². The predicted molar refractivity (Wildman–Crippen MR) is 131 cm³/mol. The summed E-state index contributed by atoms with van der Waals surface area (Å²) in [4.78, 5) is 31.5. The molecule has 34 heavy (non-hydrogen) atoms. The van der Waals surface area contributed by atoms with Crippen LogP contribution in [0.2, 0.25) is 0 Å². The SMILES string of the molecule is COc1ccc2[nH]c3c(c2c1)CCNC3c1c(O)n(C(C)CCc2ccccc2)c(=O)[nH]c1=O. The fourth-order valence-electron chi connectivity index (χ4n) is 4.95. The molecule has 1 aliphatic rings. The van der Waals surface area contributed by atoms with Crippen molar-refractivity contribution in [1.29, 1.82) is 0 Å². The van der Waals surface area contributed by atoms with Gasteiger partial charge in [-0.25, -0.2) is 4.79 Å². The lowest BCUT2D eigenvalue weighted by Crippen LogP contribution is -2.39. The Morgan fingerprint density at radius 1 is 1.15 bits per heavy atom. The van der Waals surface area contributed by atoms with Crippen LogP contribution < -0.4 is 21.3 Å². The van der Waals surface area contributed by atoms with Crippen molar-refractivity contribution in [3.05, 3.63) is 91.8 Å². The molecule has 5 rings (SSSR count). The van der Waals surface area contributed by atoms with E-state index in [0.29, 0.717) is 13.0 Å². The molecular formula is C26H28N4O4. The molecule has 0 bridgehead atoms.